The summed E-state index contributed by atoms with van der Waals surface area (Å²) in [5.41, 5.74) is 0.420. The summed E-state index contributed by atoms with van der Waals surface area (Å²) in [4.78, 5) is 13.4. The minimum atomic E-state index is -4.77. The first-order chi connectivity index (χ1) is 15.6. The molecule has 1 heterocycles. The molecule has 0 saturated heterocycles. The maximum Gasteiger partial charge on any atom is 0.573 e. The van der Waals surface area contributed by atoms with Gasteiger partial charge in [-0.2, -0.15) is 0 Å². The molecule has 1 aliphatic heterocycles. The van der Waals surface area contributed by atoms with E-state index in [1.54, 1.807) is 36.4 Å². The van der Waals surface area contributed by atoms with Crippen molar-refractivity contribution in [2.45, 2.75) is 31.0 Å². The molecule has 0 saturated carbocycles. The smallest absolute Gasteiger partial charge is 0.406 e. The van der Waals surface area contributed by atoms with E-state index in [0.29, 0.717) is 22.6 Å². The molecule has 6 nitrogen and oxygen atoms in total. The number of rotatable bonds is 10. The van der Waals surface area contributed by atoms with Gasteiger partial charge in [-0.3, -0.25) is 4.79 Å². The fourth-order valence-corrected chi connectivity index (χ4v) is 5.80. The van der Waals surface area contributed by atoms with Gasteiger partial charge < -0.3 is 10.1 Å². The highest BCUT2D eigenvalue weighted by Gasteiger charge is 2.43. The Morgan fingerprint density at radius 2 is 1.82 bits per heavy atom. The van der Waals surface area contributed by atoms with E-state index in [-0.39, 0.29) is 29.4 Å². The first kappa shape index (κ1) is 25.0. The molecule has 33 heavy (non-hydrogen) atoms. The summed E-state index contributed by atoms with van der Waals surface area (Å²) >= 11 is 1.25. The van der Waals surface area contributed by atoms with Crippen LogP contribution in [-0.4, -0.2) is 43.8 Å². The number of thioether (sulfide) groups is 1. The predicted molar refractivity (Wildman–Crippen MR) is 121 cm³/mol. The molecule has 3 rings (SSSR count). The molecule has 0 bridgehead atoms. The number of carbonyl (C=O) groups is 1. The van der Waals surface area contributed by atoms with Crippen molar-refractivity contribution in [1.82, 2.24) is 9.62 Å². The number of hydrogen-bond acceptors (Lipinski definition) is 6. The fourth-order valence-electron chi connectivity index (χ4n) is 3.24. The third-order valence-corrected chi connectivity index (χ3v) is 7.56. The molecule has 0 aromatic heterocycles. The number of unbranched alkanes of at least 4 members (excludes halogenated alkanes) is 1. The summed E-state index contributed by atoms with van der Waals surface area (Å²) in [6, 6.07) is 14.0. The van der Waals surface area contributed by atoms with Crippen LogP contribution >= 0.6 is 11.8 Å². The molecule has 0 atom stereocenters. The minimum absolute atomic E-state index is 0.00654. The average molecular weight is 501 g/mol. The highest BCUT2D eigenvalue weighted by Crippen LogP contribution is 2.35. The molecular formula is C22H23F3N2O4S2. The van der Waals surface area contributed by atoms with Crippen molar-refractivity contribution in [3.8, 4) is 5.75 Å². The summed E-state index contributed by atoms with van der Waals surface area (Å²) in [6.45, 7) is 2.23. The zero-order chi connectivity index (χ0) is 24.1. The van der Waals surface area contributed by atoms with Crippen molar-refractivity contribution in [3.63, 3.8) is 0 Å². The number of ether oxygens (including phenoxy) is 1. The molecule has 0 fully saturated rings. The maximum atomic E-state index is 13.1. The van der Waals surface area contributed by atoms with E-state index in [2.05, 4.69) is 10.1 Å². The van der Waals surface area contributed by atoms with Gasteiger partial charge in [-0.15, -0.1) is 24.9 Å². The van der Waals surface area contributed by atoms with Crippen LogP contribution in [0.25, 0.3) is 4.91 Å². The lowest BCUT2D eigenvalue weighted by Crippen LogP contribution is -2.34. The van der Waals surface area contributed by atoms with E-state index in [4.69, 9.17) is 0 Å². The number of nitrogens with one attached hydrogen (secondary N) is 1. The number of nitrogens with zero attached hydrogens (tertiary/aromatic N) is 1. The molecule has 1 amide bonds. The quantitative estimate of drug-likeness (QED) is 0.379. The normalized spacial score (nSPS) is 15.8. The Labute approximate surface area is 194 Å². The Morgan fingerprint density at radius 3 is 2.48 bits per heavy atom. The van der Waals surface area contributed by atoms with Gasteiger partial charge in [0, 0.05) is 23.7 Å². The van der Waals surface area contributed by atoms with E-state index < -0.39 is 22.3 Å². The monoisotopic (exact) mass is 500 g/mol. The standard InChI is InChI=1S/C22H23F3N2O4S2/c1-2-3-13-27-21(28)19(20(33(27,29)30)16-8-5-4-6-9-16)26-12-14-32-18-11-7-10-17(15-18)31-22(23,24)25/h4-11,15,26H,2-3,12-14H2,1H3. The zero-order valence-corrected chi connectivity index (χ0v) is 19.4. The molecule has 11 heteroatoms. The third kappa shape index (κ3) is 6.23. The van der Waals surface area contributed by atoms with Crippen LogP contribution in [-0.2, 0) is 14.8 Å². The Hall–Kier alpha value is -2.66. The summed E-state index contributed by atoms with van der Waals surface area (Å²) in [5, 5.41) is 2.94. The van der Waals surface area contributed by atoms with Crippen LogP contribution in [0.15, 0.2) is 65.2 Å². The lowest BCUT2D eigenvalue weighted by atomic mass is 10.2. The minimum Gasteiger partial charge on any atom is -0.406 e. The Balaban J connectivity index is 1.74. The van der Waals surface area contributed by atoms with E-state index in [9.17, 15) is 26.4 Å². The first-order valence-electron chi connectivity index (χ1n) is 10.2. The summed E-state index contributed by atoms with van der Waals surface area (Å²) in [6.07, 6.45) is -3.49. The van der Waals surface area contributed by atoms with Gasteiger partial charge in [0.25, 0.3) is 15.9 Å². The van der Waals surface area contributed by atoms with Gasteiger partial charge in [0.2, 0.25) is 0 Å². The second-order valence-electron chi connectivity index (χ2n) is 7.10. The summed E-state index contributed by atoms with van der Waals surface area (Å²) < 4.78 is 68.3. The van der Waals surface area contributed by atoms with E-state index in [1.165, 1.54) is 30.0 Å². The van der Waals surface area contributed by atoms with E-state index in [0.717, 1.165) is 10.7 Å². The van der Waals surface area contributed by atoms with Crippen molar-refractivity contribution in [2.75, 3.05) is 18.8 Å². The largest absolute Gasteiger partial charge is 0.573 e. The Kier molecular flexibility index (Phi) is 7.96. The molecule has 0 aliphatic carbocycles. The van der Waals surface area contributed by atoms with Crippen molar-refractivity contribution in [2.24, 2.45) is 0 Å². The highest BCUT2D eigenvalue weighted by atomic mass is 32.2. The van der Waals surface area contributed by atoms with Crippen LogP contribution in [0.3, 0.4) is 0 Å². The van der Waals surface area contributed by atoms with Crippen molar-refractivity contribution < 1.29 is 31.1 Å². The number of halogens is 3. The number of hydrogen-bond donors (Lipinski definition) is 1. The predicted octanol–water partition coefficient (Wildman–Crippen LogP) is 4.61. The molecule has 2 aromatic rings. The van der Waals surface area contributed by atoms with Crippen LogP contribution in [0.5, 0.6) is 5.75 Å². The molecule has 0 unspecified atom stereocenters. The second-order valence-corrected chi connectivity index (χ2v) is 10.1. The average Bonchev–Trinajstić information content (AvgIpc) is 2.94. The van der Waals surface area contributed by atoms with Crippen LogP contribution < -0.4 is 10.1 Å². The van der Waals surface area contributed by atoms with Gasteiger partial charge in [-0.05, 0) is 30.2 Å². The third-order valence-electron chi connectivity index (χ3n) is 4.68. The number of sulfonamides is 1. The number of amides is 1. The van der Waals surface area contributed by atoms with Gasteiger partial charge in [-0.25, -0.2) is 12.7 Å². The van der Waals surface area contributed by atoms with Gasteiger partial charge in [0.15, 0.2) is 0 Å². The Bertz CT molecular complexity index is 1120. The first-order valence-corrected chi connectivity index (χ1v) is 12.7. The van der Waals surface area contributed by atoms with Crippen molar-refractivity contribution >= 4 is 32.6 Å². The van der Waals surface area contributed by atoms with Gasteiger partial charge in [0.1, 0.15) is 16.4 Å². The lowest BCUT2D eigenvalue weighted by molar-refractivity contribution is -0.274. The van der Waals surface area contributed by atoms with Gasteiger partial charge >= 0.3 is 6.36 Å². The number of benzene rings is 2. The van der Waals surface area contributed by atoms with Crippen LogP contribution in [0.4, 0.5) is 13.2 Å². The van der Waals surface area contributed by atoms with E-state index in [1.807, 2.05) is 6.92 Å². The summed E-state index contributed by atoms with van der Waals surface area (Å²) in [5.74, 6) is -0.547. The molecule has 0 spiro atoms. The topological polar surface area (TPSA) is 75.7 Å². The zero-order valence-electron chi connectivity index (χ0n) is 17.8. The van der Waals surface area contributed by atoms with E-state index >= 15 is 0 Å². The second kappa shape index (κ2) is 10.5. The Morgan fingerprint density at radius 1 is 1.09 bits per heavy atom. The maximum absolute atomic E-state index is 13.1. The van der Waals surface area contributed by atoms with Crippen molar-refractivity contribution in [1.29, 1.82) is 0 Å². The summed E-state index contributed by atoms with van der Waals surface area (Å²) in [7, 11) is -3.99. The molecule has 2 aromatic carbocycles. The van der Waals surface area contributed by atoms with Crippen molar-refractivity contribution in [3.05, 3.63) is 65.9 Å². The molecule has 0 radical (unpaired) electrons. The molecular weight excluding hydrogens is 477 g/mol. The van der Waals surface area contributed by atoms with Gasteiger partial charge in [-0.1, -0.05) is 49.7 Å². The lowest BCUT2D eigenvalue weighted by Gasteiger charge is -2.16. The molecule has 1 aliphatic rings. The van der Waals surface area contributed by atoms with Crippen LogP contribution in [0, 0.1) is 0 Å². The highest BCUT2D eigenvalue weighted by molar-refractivity contribution is 7.99. The molecule has 178 valence electrons. The number of alkyl halides is 3. The SMILES string of the molecule is CCCCN1C(=O)C(NCCSc2cccc(OC(F)(F)F)c2)=C(c2ccccc2)S1(=O)=O. The number of carbonyl (C=O) groups excluding carboxylic acids is 1. The van der Waals surface area contributed by atoms with Crippen LogP contribution in [0.1, 0.15) is 25.3 Å². The molecule has 1 N–H and O–H groups in total. The fraction of sp³-hybridized carbons (Fsp3) is 0.318. The van der Waals surface area contributed by atoms with Crippen LogP contribution in [0.2, 0.25) is 0 Å². The van der Waals surface area contributed by atoms with Gasteiger partial charge in [0.05, 0.1) is 0 Å².